The minimum atomic E-state index is 0.0575. The first kappa shape index (κ1) is 14.8. The first-order valence-corrected chi connectivity index (χ1v) is 9.11. The number of fused-ring (bicyclic) bond motifs is 5. The van der Waals surface area contributed by atoms with E-state index >= 15 is 0 Å². The summed E-state index contributed by atoms with van der Waals surface area (Å²) in [6.45, 7) is 0. The van der Waals surface area contributed by atoms with Gasteiger partial charge in [0.2, 0.25) is 5.91 Å². The molecule has 1 N–H and O–H groups in total. The fourth-order valence-electron chi connectivity index (χ4n) is 5.35. The van der Waals surface area contributed by atoms with Gasteiger partial charge in [-0.3, -0.25) is 4.79 Å². The second-order valence-corrected chi connectivity index (χ2v) is 8.02. The van der Waals surface area contributed by atoms with Crippen LogP contribution in [0.15, 0.2) is 18.2 Å². The fraction of sp³-hybridized carbons (Fsp3) is 0.611. The third kappa shape index (κ3) is 2.45. The molecule has 1 aromatic carbocycles. The van der Waals surface area contributed by atoms with Crippen LogP contribution in [0.1, 0.15) is 37.7 Å². The Bertz CT molecular complexity index is 582. The van der Waals surface area contributed by atoms with Crippen LogP contribution in [0.5, 0.6) is 0 Å². The zero-order chi connectivity index (χ0) is 15.3. The summed E-state index contributed by atoms with van der Waals surface area (Å²) >= 11 is 12.3. The molecule has 22 heavy (non-hydrogen) atoms. The van der Waals surface area contributed by atoms with Crippen molar-refractivity contribution in [1.82, 2.24) is 5.32 Å². The molecule has 4 rings (SSSR count). The first-order chi connectivity index (χ1) is 10.6. The summed E-state index contributed by atoms with van der Waals surface area (Å²) in [5.74, 6) is 3.45. The van der Waals surface area contributed by atoms with Crippen molar-refractivity contribution in [1.29, 1.82) is 0 Å². The number of benzene rings is 1. The molecular formula is C18H21Cl2NO. The van der Waals surface area contributed by atoms with E-state index in [2.05, 4.69) is 5.32 Å². The molecule has 118 valence electrons. The van der Waals surface area contributed by atoms with E-state index in [1.165, 1.54) is 32.1 Å². The van der Waals surface area contributed by atoms with Gasteiger partial charge < -0.3 is 5.32 Å². The smallest absolute Gasteiger partial charge is 0.224 e. The predicted molar refractivity (Wildman–Crippen MR) is 89.1 cm³/mol. The van der Waals surface area contributed by atoms with Crippen LogP contribution in [0, 0.1) is 23.7 Å². The van der Waals surface area contributed by atoms with E-state index in [0.717, 1.165) is 23.3 Å². The molecule has 0 aliphatic heterocycles. The van der Waals surface area contributed by atoms with Crippen molar-refractivity contribution in [3.63, 3.8) is 0 Å². The van der Waals surface area contributed by atoms with Crippen LogP contribution in [-0.2, 0) is 11.2 Å². The van der Waals surface area contributed by atoms with Gasteiger partial charge in [0.1, 0.15) is 0 Å². The SMILES string of the molecule is O=C(Cc1c(Cl)cccc1Cl)NC1CC2CC1C1CCCC21. The van der Waals surface area contributed by atoms with Gasteiger partial charge in [-0.25, -0.2) is 0 Å². The van der Waals surface area contributed by atoms with Gasteiger partial charge in [0.25, 0.3) is 0 Å². The molecule has 2 bridgehead atoms. The van der Waals surface area contributed by atoms with E-state index in [-0.39, 0.29) is 12.3 Å². The molecule has 1 aromatic rings. The van der Waals surface area contributed by atoms with Gasteiger partial charge in [-0.05, 0) is 67.1 Å². The van der Waals surface area contributed by atoms with E-state index in [9.17, 15) is 4.79 Å². The average molecular weight is 338 g/mol. The molecule has 0 saturated heterocycles. The summed E-state index contributed by atoms with van der Waals surface area (Å²) in [5.41, 5.74) is 0.741. The number of hydrogen-bond donors (Lipinski definition) is 1. The molecule has 5 atom stereocenters. The van der Waals surface area contributed by atoms with Gasteiger partial charge in [0, 0.05) is 16.1 Å². The Morgan fingerprint density at radius 1 is 1.09 bits per heavy atom. The molecule has 0 radical (unpaired) electrons. The van der Waals surface area contributed by atoms with Gasteiger partial charge >= 0.3 is 0 Å². The van der Waals surface area contributed by atoms with Crippen LogP contribution >= 0.6 is 23.2 Å². The number of carbonyl (C=O) groups is 1. The van der Waals surface area contributed by atoms with Crippen LogP contribution in [0.25, 0.3) is 0 Å². The van der Waals surface area contributed by atoms with Crippen molar-refractivity contribution in [2.45, 2.75) is 44.6 Å². The summed E-state index contributed by atoms with van der Waals surface area (Å²) in [7, 11) is 0. The molecule has 0 heterocycles. The quantitative estimate of drug-likeness (QED) is 0.865. The van der Waals surface area contributed by atoms with Crippen LogP contribution in [-0.4, -0.2) is 11.9 Å². The maximum absolute atomic E-state index is 12.4. The van der Waals surface area contributed by atoms with Crippen molar-refractivity contribution >= 4 is 29.1 Å². The third-order valence-electron chi connectivity index (χ3n) is 6.17. The lowest BCUT2D eigenvalue weighted by Gasteiger charge is -2.32. The number of carbonyl (C=O) groups excluding carboxylic acids is 1. The Morgan fingerprint density at radius 3 is 2.59 bits per heavy atom. The lowest BCUT2D eigenvalue weighted by atomic mass is 9.79. The number of amides is 1. The molecule has 2 nitrogen and oxygen atoms in total. The van der Waals surface area contributed by atoms with Gasteiger partial charge in [-0.2, -0.15) is 0 Å². The summed E-state index contributed by atoms with van der Waals surface area (Å²) in [6.07, 6.45) is 6.95. The van der Waals surface area contributed by atoms with E-state index in [0.29, 0.717) is 22.0 Å². The van der Waals surface area contributed by atoms with Gasteiger partial charge in [-0.1, -0.05) is 35.7 Å². The lowest BCUT2D eigenvalue weighted by molar-refractivity contribution is -0.121. The largest absolute Gasteiger partial charge is 0.353 e. The highest BCUT2D eigenvalue weighted by Crippen LogP contribution is 2.58. The van der Waals surface area contributed by atoms with Gasteiger partial charge in [-0.15, -0.1) is 0 Å². The maximum Gasteiger partial charge on any atom is 0.224 e. The van der Waals surface area contributed by atoms with Crippen molar-refractivity contribution in [2.75, 3.05) is 0 Å². The third-order valence-corrected chi connectivity index (χ3v) is 6.88. The average Bonchev–Trinajstić information content (AvgIpc) is 3.15. The van der Waals surface area contributed by atoms with Gasteiger partial charge in [0.05, 0.1) is 6.42 Å². The van der Waals surface area contributed by atoms with E-state index in [1.807, 2.05) is 6.07 Å². The molecule has 5 unspecified atom stereocenters. The molecule has 3 aliphatic rings. The Morgan fingerprint density at radius 2 is 1.82 bits per heavy atom. The second-order valence-electron chi connectivity index (χ2n) is 7.20. The molecule has 3 saturated carbocycles. The van der Waals surface area contributed by atoms with Crippen LogP contribution in [0.4, 0.5) is 0 Å². The maximum atomic E-state index is 12.4. The number of halogens is 2. The minimum absolute atomic E-state index is 0.0575. The van der Waals surface area contributed by atoms with Crippen LogP contribution in [0.2, 0.25) is 10.0 Å². The fourth-order valence-corrected chi connectivity index (χ4v) is 5.88. The second kappa shape index (κ2) is 5.72. The number of hydrogen-bond acceptors (Lipinski definition) is 1. The molecule has 3 aliphatic carbocycles. The Labute approximate surface area is 141 Å². The normalized spacial score (nSPS) is 35.6. The topological polar surface area (TPSA) is 29.1 Å². The minimum Gasteiger partial charge on any atom is -0.353 e. The highest BCUT2D eigenvalue weighted by molar-refractivity contribution is 6.36. The Hall–Kier alpha value is -0.730. The molecule has 0 aromatic heterocycles. The summed E-state index contributed by atoms with van der Waals surface area (Å²) in [5, 5.41) is 4.42. The number of rotatable bonds is 3. The monoisotopic (exact) mass is 337 g/mol. The van der Waals surface area contributed by atoms with Crippen molar-refractivity contribution in [2.24, 2.45) is 23.7 Å². The highest BCUT2D eigenvalue weighted by atomic mass is 35.5. The molecule has 3 fully saturated rings. The molecular weight excluding hydrogens is 317 g/mol. The molecule has 1 amide bonds. The zero-order valence-corrected chi connectivity index (χ0v) is 14.0. The Balaban J connectivity index is 1.41. The summed E-state index contributed by atoms with van der Waals surface area (Å²) in [4.78, 5) is 12.4. The lowest BCUT2D eigenvalue weighted by Crippen LogP contribution is -2.43. The van der Waals surface area contributed by atoms with Crippen LogP contribution in [0.3, 0.4) is 0 Å². The van der Waals surface area contributed by atoms with Crippen molar-refractivity contribution in [3.8, 4) is 0 Å². The molecule has 0 spiro atoms. The van der Waals surface area contributed by atoms with Crippen LogP contribution < -0.4 is 5.32 Å². The standard InChI is InChI=1S/C18H21Cl2NO/c19-15-5-2-6-16(20)14(15)9-18(22)21-17-8-10-7-13(17)12-4-1-3-11(10)12/h2,5-6,10-13,17H,1,3-4,7-9H2,(H,21,22). The highest BCUT2D eigenvalue weighted by Gasteiger charge is 2.53. The number of nitrogens with one attached hydrogen (secondary N) is 1. The Kier molecular flexibility index (Phi) is 3.86. The van der Waals surface area contributed by atoms with E-state index in [1.54, 1.807) is 12.1 Å². The first-order valence-electron chi connectivity index (χ1n) is 8.35. The summed E-state index contributed by atoms with van der Waals surface area (Å²) in [6, 6.07) is 5.76. The van der Waals surface area contributed by atoms with E-state index < -0.39 is 0 Å². The summed E-state index contributed by atoms with van der Waals surface area (Å²) < 4.78 is 0. The van der Waals surface area contributed by atoms with Gasteiger partial charge in [0.15, 0.2) is 0 Å². The van der Waals surface area contributed by atoms with Crippen molar-refractivity contribution < 1.29 is 4.79 Å². The van der Waals surface area contributed by atoms with Crippen molar-refractivity contribution in [3.05, 3.63) is 33.8 Å². The molecule has 4 heteroatoms. The predicted octanol–water partition coefficient (Wildman–Crippen LogP) is 4.48. The zero-order valence-electron chi connectivity index (χ0n) is 12.5. The van der Waals surface area contributed by atoms with E-state index in [4.69, 9.17) is 23.2 Å².